The van der Waals surface area contributed by atoms with Crippen LogP contribution in [0.2, 0.25) is 5.02 Å². The molecule has 0 unspecified atom stereocenters. The monoisotopic (exact) mass is 378 g/mol. The Labute approximate surface area is 149 Å². The molecular formula is C17H15ClN2O4S. The quantitative estimate of drug-likeness (QED) is 0.661. The van der Waals surface area contributed by atoms with Crippen molar-refractivity contribution in [1.29, 1.82) is 0 Å². The first-order chi connectivity index (χ1) is 11.9. The van der Waals surface area contributed by atoms with Crippen LogP contribution in [0.4, 0.5) is 5.69 Å². The van der Waals surface area contributed by atoms with Gasteiger partial charge in [0.15, 0.2) is 0 Å². The average Bonchev–Trinajstić information content (AvgIpc) is 3.01. The van der Waals surface area contributed by atoms with E-state index in [-0.39, 0.29) is 17.2 Å². The highest BCUT2D eigenvalue weighted by Gasteiger charge is 2.17. The van der Waals surface area contributed by atoms with Crippen molar-refractivity contribution < 1.29 is 17.9 Å². The highest BCUT2D eigenvalue weighted by atomic mass is 35.5. The zero-order chi connectivity index (χ0) is 18.0. The number of aromatic amines is 1. The molecule has 8 heteroatoms. The molecule has 6 nitrogen and oxygen atoms in total. The molecule has 0 radical (unpaired) electrons. The van der Waals surface area contributed by atoms with Crippen LogP contribution in [0.1, 0.15) is 17.4 Å². The van der Waals surface area contributed by atoms with Gasteiger partial charge in [0.1, 0.15) is 5.69 Å². The van der Waals surface area contributed by atoms with E-state index >= 15 is 0 Å². The van der Waals surface area contributed by atoms with Gasteiger partial charge in [-0.3, -0.25) is 4.72 Å². The zero-order valence-corrected chi connectivity index (χ0v) is 14.8. The second-order valence-corrected chi connectivity index (χ2v) is 7.35. The van der Waals surface area contributed by atoms with Gasteiger partial charge in [0.05, 0.1) is 22.7 Å². The number of nitrogens with one attached hydrogen (secondary N) is 2. The Hall–Kier alpha value is -2.51. The van der Waals surface area contributed by atoms with Crippen LogP contribution < -0.4 is 4.72 Å². The van der Waals surface area contributed by atoms with Crippen molar-refractivity contribution in [2.45, 2.75) is 11.8 Å². The van der Waals surface area contributed by atoms with Gasteiger partial charge >= 0.3 is 5.97 Å². The maximum Gasteiger partial charge on any atom is 0.354 e. The van der Waals surface area contributed by atoms with Crippen molar-refractivity contribution in [1.82, 2.24) is 4.98 Å². The van der Waals surface area contributed by atoms with Crippen LogP contribution in [0.15, 0.2) is 53.4 Å². The Morgan fingerprint density at radius 3 is 2.60 bits per heavy atom. The molecule has 0 atom stereocenters. The third-order valence-corrected chi connectivity index (χ3v) is 5.15. The number of ether oxygens (including phenoxy) is 1. The molecule has 25 heavy (non-hydrogen) atoms. The molecule has 3 aromatic rings. The minimum absolute atomic E-state index is 0.0890. The molecule has 0 amide bonds. The first-order valence-electron chi connectivity index (χ1n) is 7.48. The predicted molar refractivity (Wildman–Crippen MR) is 96.5 cm³/mol. The number of benzene rings is 2. The molecule has 0 saturated heterocycles. The first kappa shape index (κ1) is 17.3. The number of anilines is 1. The lowest BCUT2D eigenvalue weighted by Crippen LogP contribution is -2.13. The number of carbonyl (C=O) groups excluding carboxylic acids is 1. The number of fused-ring (bicyclic) bond motifs is 1. The lowest BCUT2D eigenvalue weighted by atomic mass is 10.2. The Morgan fingerprint density at radius 2 is 1.92 bits per heavy atom. The standard InChI is InChI=1S/C17H15ClN2O4S/c1-2-24-17(21)15-10-11-4-3-5-14(16(11)19-15)20-25(22,23)13-8-6-12(18)7-9-13/h3-10,19-20H,2H2,1H3. The Bertz CT molecular complexity index is 1030. The van der Waals surface area contributed by atoms with E-state index in [2.05, 4.69) is 9.71 Å². The molecule has 0 aliphatic carbocycles. The van der Waals surface area contributed by atoms with Crippen LogP contribution >= 0.6 is 11.6 Å². The number of sulfonamides is 1. The summed E-state index contributed by atoms with van der Waals surface area (Å²) in [4.78, 5) is 14.9. The number of para-hydroxylation sites is 1. The number of esters is 1. The SMILES string of the molecule is CCOC(=O)c1cc2cccc(NS(=O)(=O)c3ccc(Cl)cc3)c2[nH]1. The number of carbonyl (C=O) groups is 1. The summed E-state index contributed by atoms with van der Waals surface area (Å²) in [5, 5.41) is 1.14. The molecule has 0 saturated carbocycles. The average molecular weight is 379 g/mol. The number of aromatic nitrogens is 1. The van der Waals surface area contributed by atoms with Crippen molar-refractivity contribution >= 4 is 44.2 Å². The van der Waals surface area contributed by atoms with Crippen LogP contribution in [-0.4, -0.2) is 26.0 Å². The lowest BCUT2D eigenvalue weighted by Gasteiger charge is -2.09. The van der Waals surface area contributed by atoms with Crippen molar-refractivity contribution in [3.8, 4) is 0 Å². The van der Waals surface area contributed by atoms with Gasteiger partial charge in [-0.15, -0.1) is 0 Å². The number of halogens is 1. The van der Waals surface area contributed by atoms with E-state index in [1.54, 1.807) is 31.2 Å². The summed E-state index contributed by atoms with van der Waals surface area (Å²) in [7, 11) is -3.79. The molecule has 130 valence electrons. The van der Waals surface area contributed by atoms with Gasteiger partial charge in [0.25, 0.3) is 10.0 Å². The largest absolute Gasteiger partial charge is 0.461 e. The highest BCUT2D eigenvalue weighted by molar-refractivity contribution is 7.92. The molecule has 3 rings (SSSR count). The second kappa shape index (κ2) is 6.78. The highest BCUT2D eigenvalue weighted by Crippen LogP contribution is 2.26. The van der Waals surface area contributed by atoms with E-state index in [1.165, 1.54) is 24.3 Å². The lowest BCUT2D eigenvalue weighted by molar-refractivity contribution is 0.0520. The number of H-pyrrole nitrogens is 1. The fraction of sp³-hybridized carbons (Fsp3) is 0.118. The molecule has 1 aromatic heterocycles. The van der Waals surface area contributed by atoms with Crippen LogP contribution in [0.5, 0.6) is 0 Å². The summed E-state index contributed by atoms with van der Waals surface area (Å²) >= 11 is 5.79. The summed E-state index contributed by atoms with van der Waals surface area (Å²) in [5.74, 6) is -0.495. The Balaban J connectivity index is 1.98. The van der Waals surface area contributed by atoms with Crippen LogP contribution in [0.25, 0.3) is 10.9 Å². The molecule has 2 N–H and O–H groups in total. The molecule has 2 aromatic carbocycles. The predicted octanol–water partition coefficient (Wildman–Crippen LogP) is 3.80. The zero-order valence-electron chi connectivity index (χ0n) is 13.2. The summed E-state index contributed by atoms with van der Waals surface area (Å²) in [5.41, 5.74) is 1.10. The van der Waals surface area contributed by atoms with Gasteiger partial charge in [0, 0.05) is 10.4 Å². The molecule has 1 heterocycles. The topological polar surface area (TPSA) is 88.3 Å². The fourth-order valence-electron chi connectivity index (χ4n) is 2.38. The molecule has 0 spiro atoms. The van der Waals surface area contributed by atoms with Crippen LogP contribution in [0, 0.1) is 0 Å². The van der Waals surface area contributed by atoms with Crippen molar-refractivity contribution in [3.05, 3.63) is 59.2 Å². The summed E-state index contributed by atoms with van der Waals surface area (Å²) in [6.07, 6.45) is 0. The first-order valence-corrected chi connectivity index (χ1v) is 9.34. The Kier molecular flexibility index (Phi) is 4.69. The molecule has 0 bridgehead atoms. The summed E-state index contributed by atoms with van der Waals surface area (Å²) < 4.78 is 32.6. The van der Waals surface area contributed by atoms with Crippen LogP contribution in [-0.2, 0) is 14.8 Å². The number of hydrogen-bond donors (Lipinski definition) is 2. The van der Waals surface area contributed by atoms with Gasteiger partial charge < -0.3 is 9.72 Å². The van der Waals surface area contributed by atoms with Crippen molar-refractivity contribution in [2.75, 3.05) is 11.3 Å². The smallest absolute Gasteiger partial charge is 0.354 e. The maximum atomic E-state index is 12.5. The normalized spacial score (nSPS) is 11.4. The van der Waals surface area contributed by atoms with Gasteiger partial charge in [0.2, 0.25) is 0 Å². The van der Waals surface area contributed by atoms with Gasteiger partial charge in [-0.1, -0.05) is 23.7 Å². The van der Waals surface area contributed by atoms with E-state index in [9.17, 15) is 13.2 Å². The van der Waals surface area contributed by atoms with E-state index in [1.807, 2.05) is 0 Å². The molecule has 0 aliphatic heterocycles. The van der Waals surface area contributed by atoms with Gasteiger partial charge in [-0.2, -0.15) is 0 Å². The summed E-state index contributed by atoms with van der Waals surface area (Å²) in [6, 6.07) is 12.6. The van der Waals surface area contributed by atoms with Crippen molar-refractivity contribution in [2.24, 2.45) is 0 Å². The third kappa shape index (κ3) is 3.62. The van der Waals surface area contributed by atoms with E-state index < -0.39 is 16.0 Å². The van der Waals surface area contributed by atoms with Gasteiger partial charge in [-0.25, -0.2) is 13.2 Å². The van der Waals surface area contributed by atoms with Crippen molar-refractivity contribution in [3.63, 3.8) is 0 Å². The maximum absolute atomic E-state index is 12.5. The Morgan fingerprint density at radius 1 is 1.20 bits per heavy atom. The molecule has 0 fully saturated rings. The van der Waals surface area contributed by atoms with Crippen LogP contribution in [0.3, 0.4) is 0 Å². The fourth-order valence-corrected chi connectivity index (χ4v) is 3.58. The second-order valence-electron chi connectivity index (χ2n) is 5.23. The van der Waals surface area contributed by atoms with E-state index in [0.29, 0.717) is 21.6 Å². The molecule has 0 aliphatic rings. The minimum atomic E-state index is -3.79. The van der Waals surface area contributed by atoms with Gasteiger partial charge in [-0.05, 0) is 43.3 Å². The third-order valence-electron chi connectivity index (χ3n) is 3.52. The minimum Gasteiger partial charge on any atom is -0.461 e. The van der Waals surface area contributed by atoms with E-state index in [4.69, 9.17) is 16.3 Å². The number of rotatable bonds is 5. The molecular weight excluding hydrogens is 364 g/mol. The number of hydrogen-bond acceptors (Lipinski definition) is 4. The summed E-state index contributed by atoms with van der Waals surface area (Å²) in [6.45, 7) is 1.97. The van der Waals surface area contributed by atoms with E-state index in [0.717, 1.165) is 0 Å².